The SMILES string of the molecule is COc1ccc(C2=NN(C(=O)CSc3nnc(CNC(=O)Cc4ccccc4)n3-c3ccccc3)[C@@H](c3cccc(OC)c3OC)C2)cc1. The van der Waals surface area contributed by atoms with E-state index in [1.807, 2.05) is 108 Å². The number of carbonyl (C=O) groups is 2. The summed E-state index contributed by atoms with van der Waals surface area (Å²) in [5.41, 5.74) is 4.17. The molecule has 0 saturated carbocycles. The quantitative estimate of drug-likeness (QED) is 0.160. The van der Waals surface area contributed by atoms with E-state index in [9.17, 15) is 9.59 Å². The summed E-state index contributed by atoms with van der Waals surface area (Å²) in [6.07, 6.45) is 0.726. The molecular weight excluding hydrogens is 641 g/mol. The van der Waals surface area contributed by atoms with E-state index in [2.05, 4.69) is 15.5 Å². The summed E-state index contributed by atoms with van der Waals surface area (Å²) < 4.78 is 18.5. The molecule has 0 saturated heterocycles. The number of ether oxygens (including phenoxy) is 3. The van der Waals surface area contributed by atoms with Gasteiger partial charge in [0.15, 0.2) is 22.5 Å². The Morgan fingerprint density at radius 2 is 1.57 bits per heavy atom. The van der Waals surface area contributed by atoms with Gasteiger partial charge in [-0.1, -0.05) is 72.4 Å². The highest BCUT2D eigenvalue weighted by molar-refractivity contribution is 7.99. The number of rotatable bonds is 13. The maximum absolute atomic E-state index is 14.1. The van der Waals surface area contributed by atoms with Gasteiger partial charge in [-0.15, -0.1) is 10.2 Å². The lowest BCUT2D eigenvalue weighted by atomic mass is 9.97. The van der Waals surface area contributed by atoms with Gasteiger partial charge in [0.05, 0.1) is 51.8 Å². The van der Waals surface area contributed by atoms with E-state index in [0.29, 0.717) is 28.9 Å². The van der Waals surface area contributed by atoms with Crippen molar-refractivity contribution in [2.45, 2.75) is 30.6 Å². The number of benzene rings is 4. The third kappa shape index (κ3) is 7.60. The number of hydrogen-bond acceptors (Lipinski definition) is 9. The molecule has 1 aromatic heterocycles. The van der Waals surface area contributed by atoms with Crippen molar-refractivity contribution >= 4 is 29.3 Å². The zero-order valence-corrected chi connectivity index (χ0v) is 28.2. The molecule has 250 valence electrons. The van der Waals surface area contributed by atoms with Crippen LogP contribution in [0.15, 0.2) is 113 Å². The third-order valence-electron chi connectivity index (χ3n) is 8.07. The lowest BCUT2D eigenvalue weighted by Gasteiger charge is -2.24. The number of hydrazone groups is 1. The lowest BCUT2D eigenvalue weighted by molar-refractivity contribution is -0.130. The summed E-state index contributed by atoms with van der Waals surface area (Å²) in [6, 6.07) is 32.0. The molecule has 5 aromatic rings. The predicted molar refractivity (Wildman–Crippen MR) is 187 cm³/mol. The number of aromatic nitrogens is 3. The average Bonchev–Trinajstić information content (AvgIpc) is 3.78. The Labute approximate surface area is 288 Å². The van der Waals surface area contributed by atoms with Gasteiger partial charge in [0.25, 0.3) is 5.91 Å². The van der Waals surface area contributed by atoms with Gasteiger partial charge >= 0.3 is 0 Å². The number of nitrogens with one attached hydrogen (secondary N) is 1. The zero-order valence-electron chi connectivity index (χ0n) is 27.4. The molecule has 0 spiro atoms. The van der Waals surface area contributed by atoms with E-state index in [0.717, 1.165) is 33.8 Å². The maximum atomic E-state index is 14.1. The number of methoxy groups -OCH3 is 3. The zero-order chi connectivity index (χ0) is 34.2. The molecule has 1 atom stereocenters. The minimum Gasteiger partial charge on any atom is -0.497 e. The molecule has 0 bridgehead atoms. The molecule has 1 aliphatic heterocycles. The Hall–Kier alpha value is -5.62. The van der Waals surface area contributed by atoms with Gasteiger partial charge in [-0.3, -0.25) is 14.2 Å². The second-order valence-corrected chi connectivity index (χ2v) is 12.1. The van der Waals surface area contributed by atoms with Crippen molar-refractivity contribution in [3.05, 3.63) is 126 Å². The number of para-hydroxylation sites is 2. The van der Waals surface area contributed by atoms with Crippen LogP contribution in [0.5, 0.6) is 17.2 Å². The van der Waals surface area contributed by atoms with E-state index < -0.39 is 6.04 Å². The maximum Gasteiger partial charge on any atom is 0.253 e. The summed E-state index contributed by atoms with van der Waals surface area (Å²) in [5.74, 6) is 2.08. The van der Waals surface area contributed by atoms with Crippen LogP contribution in [-0.4, -0.2) is 64.4 Å². The molecule has 0 unspecified atom stereocenters. The fourth-order valence-electron chi connectivity index (χ4n) is 5.67. The van der Waals surface area contributed by atoms with E-state index in [1.54, 1.807) is 21.3 Å². The number of hydrogen-bond donors (Lipinski definition) is 1. The van der Waals surface area contributed by atoms with Crippen LogP contribution in [0.1, 0.15) is 35.0 Å². The van der Waals surface area contributed by atoms with Crippen molar-refractivity contribution in [1.29, 1.82) is 0 Å². The van der Waals surface area contributed by atoms with Gasteiger partial charge in [0.1, 0.15) is 5.75 Å². The number of carbonyl (C=O) groups excluding carboxylic acids is 2. The molecule has 0 aliphatic carbocycles. The van der Waals surface area contributed by atoms with E-state index >= 15 is 0 Å². The fourth-order valence-corrected chi connectivity index (χ4v) is 6.50. The van der Waals surface area contributed by atoms with E-state index in [1.165, 1.54) is 16.8 Å². The minimum atomic E-state index is -0.433. The molecule has 1 aliphatic rings. The summed E-state index contributed by atoms with van der Waals surface area (Å²) in [4.78, 5) is 26.8. The molecule has 6 rings (SSSR count). The van der Waals surface area contributed by atoms with Gasteiger partial charge in [0, 0.05) is 17.7 Å². The average molecular weight is 677 g/mol. The Bertz CT molecular complexity index is 1930. The molecule has 0 fully saturated rings. The smallest absolute Gasteiger partial charge is 0.253 e. The summed E-state index contributed by atoms with van der Waals surface area (Å²) in [5, 5.41) is 18.7. The summed E-state index contributed by atoms with van der Waals surface area (Å²) in [7, 11) is 4.79. The molecule has 2 amide bonds. The highest BCUT2D eigenvalue weighted by Gasteiger charge is 2.36. The Kier molecular flexibility index (Phi) is 10.5. The van der Waals surface area contributed by atoms with Gasteiger partial charge in [0.2, 0.25) is 5.91 Å². The van der Waals surface area contributed by atoms with Crippen LogP contribution in [0.3, 0.4) is 0 Å². The highest BCUT2D eigenvalue weighted by atomic mass is 32.2. The van der Waals surface area contributed by atoms with Crippen LogP contribution >= 0.6 is 11.8 Å². The molecule has 11 nitrogen and oxygen atoms in total. The van der Waals surface area contributed by atoms with Crippen molar-refractivity contribution in [3.63, 3.8) is 0 Å². The predicted octanol–water partition coefficient (Wildman–Crippen LogP) is 5.62. The van der Waals surface area contributed by atoms with Crippen molar-refractivity contribution in [3.8, 4) is 22.9 Å². The van der Waals surface area contributed by atoms with Crippen LogP contribution in [0.4, 0.5) is 0 Å². The largest absolute Gasteiger partial charge is 0.497 e. The van der Waals surface area contributed by atoms with Crippen molar-refractivity contribution in [2.24, 2.45) is 5.10 Å². The van der Waals surface area contributed by atoms with Crippen LogP contribution < -0.4 is 19.5 Å². The molecule has 49 heavy (non-hydrogen) atoms. The van der Waals surface area contributed by atoms with Gasteiger partial charge in [-0.05, 0) is 53.6 Å². The first-order valence-corrected chi connectivity index (χ1v) is 16.7. The highest BCUT2D eigenvalue weighted by Crippen LogP contribution is 2.42. The first-order chi connectivity index (χ1) is 24.0. The van der Waals surface area contributed by atoms with E-state index in [-0.39, 0.29) is 30.5 Å². The molecular formula is C37H36N6O5S. The van der Waals surface area contributed by atoms with Crippen LogP contribution in [-0.2, 0) is 22.6 Å². The molecule has 1 N–H and O–H groups in total. The monoisotopic (exact) mass is 676 g/mol. The molecule has 2 heterocycles. The van der Waals surface area contributed by atoms with Crippen molar-refractivity contribution in [1.82, 2.24) is 25.1 Å². The van der Waals surface area contributed by atoms with E-state index in [4.69, 9.17) is 19.3 Å². The second kappa shape index (κ2) is 15.5. The summed E-state index contributed by atoms with van der Waals surface area (Å²) >= 11 is 1.26. The Morgan fingerprint density at radius 1 is 0.837 bits per heavy atom. The number of amides is 2. The van der Waals surface area contributed by atoms with Gasteiger partial charge in [-0.2, -0.15) is 5.10 Å². The second-order valence-electron chi connectivity index (χ2n) is 11.1. The number of thioether (sulfide) groups is 1. The molecule has 4 aromatic carbocycles. The van der Waals surface area contributed by atoms with Crippen LogP contribution in [0.2, 0.25) is 0 Å². The lowest BCUT2D eigenvalue weighted by Crippen LogP contribution is -2.29. The first-order valence-electron chi connectivity index (χ1n) is 15.7. The van der Waals surface area contributed by atoms with Crippen molar-refractivity contribution < 1.29 is 23.8 Å². The Balaban J connectivity index is 1.25. The third-order valence-corrected chi connectivity index (χ3v) is 8.99. The van der Waals surface area contributed by atoms with Gasteiger partial charge < -0.3 is 19.5 Å². The topological polar surface area (TPSA) is 120 Å². The summed E-state index contributed by atoms with van der Waals surface area (Å²) in [6.45, 7) is 0.168. The molecule has 0 radical (unpaired) electrons. The van der Waals surface area contributed by atoms with Crippen LogP contribution in [0.25, 0.3) is 5.69 Å². The first kappa shape index (κ1) is 33.3. The number of nitrogens with zero attached hydrogens (tertiary/aromatic N) is 5. The Morgan fingerprint density at radius 3 is 2.27 bits per heavy atom. The minimum absolute atomic E-state index is 0.0352. The molecule has 12 heteroatoms. The fraction of sp³-hybridized carbons (Fsp3) is 0.216. The van der Waals surface area contributed by atoms with Crippen LogP contribution in [0, 0.1) is 0 Å². The standard InChI is InChI=1S/C37H36N6O5S/c1-46-28-19-17-26(18-20-28)30-22-31(29-15-10-16-32(47-2)36(29)48-3)43(41-30)35(45)24-49-37-40-39-33(42(37)27-13-8-5-9-14-27)23-38-34(44)21-25-11-6-4-7-12-25/h4-20,31H,21-24H2,1-3H3,(H,38,44)/t31-/m1/s1. The van der Waals surface area contributed by atoms with Gasteiger partial charge in [-0.25, -0.2) is 5.01 Å². The normalized spacial score (nSPS) is 13.9. The van der Waals surface area contributed by atoms with Crippen molar-refractivity contribution in [2.75, 3.05) is 27.1 Å².